The minimum absolute atomic E-state index is 0.126. The number of carbonyl (C=O) groups is 1. The second-order valence-electron chi connectivity index (χ2n) is 7.68. The molecule has 1 aromatic carbocycles. The molecule has 2 aromatic heterocycles. The van der Waals surface area contributed by atoms with E-state index < -0.39 is 0 Å². The zero-order valence-corrected chi connectivity index (χ0v) is 17.7. The minimum Gasteiger partial charge on any atom is -0.339 e. The maximum atomic E-state index is 13.2. The van der Waals surface area contributed by atoms with E-state index in [0.29, 0.717) is 11.8 Å². The van der Waals surface area contributed by atoms with Crippen LogP contribution in [-0.2, 0) is 5.75 Å². The number of hydrogen-bond acceptors (Lipinski definition) is 6. The predicted octanol–water partition coefficient (Wildman–Crippen LogP) is 4.45. The second kappa shape index (κ2) is 8.28. The van der Waals surface area contributed by atoms with Crippen molar-refractivity contribution < 1.29 is 4.79 Å². The van der Waals surface area contributed by atoms with Crippen molar-refractivity contribution in [1.82, 2.24) is 25.1 Å². The Bertz CT molecular complexity index is 975. The monoisotopic (exact) mass is 425 g/mol. The average Bonchev–Trinajstić information content (AvgIpc) is 3.27. The van der Waals surface area contributed by atoms with Crippen molar-refractivity contribution in [2.24, 2.45) is 0 Å². The number of piperidine rings is 1. The van der Waals surface area contributed by atoms with Gasteiger partial charge in [0, 0.05) is 41.0 Å². The van der Waals surface area contributed by atoms with Gasteiger partial charge in [-0.1, -0.05) is 12.1 Å². The van der Waals surface area contributed by atoms with E-state index in [0.717, 1.165) is 59.5 Å². The van der Waals surface area contributed by atoms with Crippen molar-refractivity contribution in [1.29, 1.82) is 0 Å². The minimum atomic E-state index is 0.126. The Kier molecular flexibility index (Phi) is 5.37. The maximum absolute atomic E-state index is 13.2. The summed E-state index contributed by atoms with van der Waals surface area (Å²) in [5, 5.41) is 9.58. The highest BCUT2D eigenvalue weighted by Crippen LogP contribution is 2.38. The third-order valence-electron chi connectivity index (χ3n) is 5.61. The van der Waals surface area contributed by atoms with Gasteiger partial charge in [0.05, 0.1) is 16.8 Å². The molecule has 1 aliphatic heterocycles. The van der Waals surface area contributed by atoms with Gasteiger partial charge < -0.3 is 4.90 Å². The Balaban J connectivity index is 1.22. The molecule has 5 rings (SSSR count). The normalized spacial score (nSPS) is 17.6. The quantitative estimate of drug-likeness (QED) is 0.591. The van der Waals surface area contributed by atoms with Crippen molar-refractivity contribution in [3.63, 3.8) is 0 Å². The van der Waals surface area contributed by atoms with Gasteiger partial charge in [0.2, 0.25) is 0 Å². The molecule has 0 unspecified atom stereocenters. The summed E-state index contributed by atoms with van der Waals surface area (Å²) < 4.78 is 0. The van der Waals surface area contributed by atoms with Crippen LogP contribution in [0.4, 0.5) is 0 Å². The molecule has 0 atom stereocenters. The van der Waals surface area contributed by atoms with Crippen molar-refractivity contribution in [3.8, 4) is 0 Å². The number of aromatic amines is 1. The molecule has 1 saturated heterocycles. The van der Waals surface area contributed by atoms with Crippen molar-refractivity contribution in [2.45, 2.75) is 48.2 Å². The number of thioether (sulfide) groups is 1. The molecular formula is C21H23N5OS2. The first kappa shape index (κ1) is 18.8. The largest absolute Gasteiger partial charge is 0.339 e. The van der Waals surface area contributed by atoms with Gasteiger partial charge in [0.25, 0.3) is 5.91 Å². The molecule has 1 amide bonds. The van der Waals surface area contributed by atoms with Gasteiger partial charge in [-0.2, -0.15) is 5.10 Å². The molecule has 2 fully saturated rings. The van der Waals surface area contributed by atoms with Gasteiger partial charge in [-0.3, -0.25) is 9.89 Å². The van der Waals surface area contributed by atoms with Crippen molar-refractivity contribution in [2.75, 3.05) is 13.1 Å². The smallest absolute Gasteiger partial charge is 0.254 e. The van der Waals surface area contributed by atoms with Crippen LogP contribution in [0.25, 0.3) is 0 Å². The van der Waals surface area contributed by atoms with E-state index in [1.807, 2.05) is 34.7 Å². The lowest BCUT2D eigenvalue weighted by molar-refractivity contribution is 0.0707. The summed E-state index contributed by atoms with van der Waals surface area (Å²) in [7, 11) is 0. The lowest BCUT2D eigenvalue weighted by atomic mass is 9.95. The molecule has 1 N–H and O–H groups in total. The number of rotatable bonds is 6. The Morgan fingerprint density at radius 2 is 2.00 bits per heavy atom. The van der Waals surface area contributed by atoms with Gasteiger partial charge >= 0.3 is 0 Å². The standard InChI is InChI=1S/C21H23N5OS2/c27-21(17-3-1-2-4-18(17)29-12-16-11-28-13-22-16)26-9-7-15(8-10-26)20-23-19(24-25-20)14-5-6-14/h1-4,11,13-15H,5-10,12H2,(H,23,24,25). The molecule has 1 aliphatic carbocycles. The number of nitrogens with one attached hydrogen (secondary N) is 1. The van der Waals surface area contributed by atoms with E-state index in [1.54, 1.807) is 23.1 Å². The third-order valence-corrected chi connectivity index (χ3v) is 7.35. The van der Waals surface area contributed by atoms with Gasteiger partial charge in [0.1, 0.15) is 5.82 Å². The van der Waals surface area contributed by atoms with E-state index >= 15 is 0 Å². The summed E-state index contributed by atoms with van der Waals surface area (Å²) in [4.78, 5) is 25.2. The molecule has 2 aliphatic rings. The number of thiazole rings is 1. The third kappa shape index (κ3) is 4.23. The number of nitrogens with zero attached hydrogens (tertiary/aromatic N) is 4. The van der Waals surface area contributed by atoms with Crippen molar-refractivity contribution in [3.05, 3.63) is 58.1 Å². The molecule has 1 saturated carbocycles. The number of benzene rings is 1. The van der Waals surface area contributed by atoms with E-state index in [-0.39, 0.29) is 5.91 Å². The first-order chi connectivity index (χ1) is 14.3. The van der Waals surface area contributed by atoms with Crippen LogP contribution in [0.15, 0.2) is 40.1 Å². The first-order valence-electron chi connectivity index (χ1n) is 10.1. The SMILES string of the molecule is O=C(c1ccccc1SCc1cscn1)N1CCC(c2nc(C3CC3)n[nH]2)CC1. The summed E-state index contributed by atoms with van der Waals surface area (Å²) in [6.45, 7) is 1.52. The van der Waals surface area contributed by atoms with E-state index in [4.69, 9.17) is 4.98 Å². The summed E-state index contributed by atoms with van der Waals surface area (Å²) >= 11 is 3.28. The molecule has 0 bridgehead atoms. The summed E-state index contributed by atoms with van der Waals surface area (Å²) in [6, 6.07) is 7.91. The highest BCUT2D eigenvalue weighted by Gasteiger charge is 2.31. The van der Waals surface area contributed by atoms with E-state index in [1.165, 1.54) is 12.8 Å². The highest BCUT2D eigenvalue weighted by molar-refractivity contribution is 7.98. The van der Waals surface area contributed by atoms with Crippen LogP contribution in [0.1, 0.15) is 65.2 Å². The lowest BCUT2D eigenvalue weighted by Gasteiger charge is -2.31. The molecule has 29 heavy (non-hydrogen) atoms. The van der Waals surface area contributed by atoms with E-state index in [2.05, 4.69) is 20.6 Å². The highest BCUT2D eigenvalue weighted by atomic mass is 32.2. The van der Waals surface area contributed by atoms with Crippen LogP contribution in [0.3, 0.4) is 0 Å². The Morgan fingerprint density at radius 3 is 2.76 bits per heavy atom. The molecule has 8 heteroatoms. The number of amides is 1. The zero-order chi connectivity index (χ0) is 19.6. The summed E-state index contributed by atoms with van der Waals surface area (Å²) in [5.74, 6) is 3.82. The van der Waals surface area contributed by atoms with Crippen LogP contribution >= 0.6 is 23.1 Å². The van der Waals surface area contributed by atoms with Crippen LogP contribution in [-0.4, -0.2) is 44.1 Å². The van der Waals surface area contributed by atoms with Crippen LogP contribution < -0.4 is 0 Å². The fourth-order valence-corrected chi connectivity index (χ4v) is 5.36. The molecule has 0 spiro atoms. The lowest BCUT2D eigenvalue weighted by Crippen LogP contribution is -2.38. The topological polar surface area (TPSA) is 74.8 Å². The number of hydrogen-bond donors (Lipinski definition) is 1. The Morgan fingerprint density at radius 1 is 1.17 bits per heavy atom. The second-order valence-corrected chi connectivity index (χ2v) is 9.42. The summed E-state index contributed by atoms with van der Waals surface area (Å²) in [5.41, 5.74) is 3.70. The fraction of sp³-hybridized carbons (Fsp3) is 0.429. The first-order valence-corrected chi connectivity index (χ1v) is 12.0. The molecule has 0 radical (unpaired) electrons. The number of aromatic nitrogens is 4. The maximum Gasteiger partial charge on any atom is 0.254 e. The summed E-state index contributed by atoms with van der Waals surface area (Å²) in [6.07, 6.45) is 4.28. The molecule has 6 nitrogen and oxygen atoms in total. The number of H-pyrrole nitrogens is 1. The van der Waals surface area contributed by atoms with Gasteiger partial charge in [-0.25, -0.2) is 9.97 Å². The van der Waals surface area contributed by atoms with Crippen LogP contribution in [0.5, 0.6) is 0 Å². The molecular weight excluding hydrogens is 402 g/mol. The predicted molar refractivity (Wildman–Crippen MR) is 114 cm³/mol. The molecule has 150 valence electrons. The van der Waals surface area contributed by atoms with Crippen LogP contribution in [0, 0.1) is 0 Å². The van der Waals surface area contributed by atoms with Gasteiger partial charge in [0.15, 0.2) is 5.82 Å². The average molecular weight is 426 g/mol. The van der Waals surface area contributed by atoms with Gasteiger partial charge in [-0.05, 0) is 37.8 Å². The Labute approximate surface area is 178 Å². The zero-order valence-electron chi connectivity index (χ0n) is 16.1. The number of likely N-dealkylation sites (tertiary alicyclic amines) is 1. The van der Waals surface area contributed by atoms with Crippen molar-refractivity contribution >= 4 is 29.0 Å². The Hall–Kier alpha value is -2.19. The fourth-order valence-electron chi connectivity index (χ4n) is 3.75. The van der Waals surface area contributed by atoms with Crippen LogP contribution in [0.2, 0.25) is 0 Å². The van der Waals surface area contributed by atoms with Gasteiger partial charge in [-0.15, -0.1) is 23.1 Å². The number of carbonyl (C=O) groups excluding carboxylic acids is 1. The molecule has 3 heterocycles. The van der Waals surface area contributed by atoms with E-state index in [9.17, 15) is 4.79 Å². The molecule has 3 aromatic rings.